The lowest BCUT2D eigenvalue weighted by atomic mass is 9.81. The molecule has 4 heterocycles. The first-order valence-electron chi connectivity index (χ1n) is 19.8. The molecule has 272 valence electrons. The zero-order valence-corrected chi connectivity index (χ0v) is 32.5. The molecule has 2 aromatic heterocycles. The number of hydrogen-bond donors (Lipinski definition) is 0. The van der Waals surface area contributed by atoms with Crippen LogP contribution in [0.25, 0.3) is 32.0 Å². The molecule has 7 rings (SSSR count). The van der Waals surface area contributed by atoms with Crippen LogP contribution in [0, 0.1) is 0 Å². The van der Waals surface area contributed by atoms with Gasteiger partial charge in [-0.2, -0.15) is 0 Å². The van der Waals surface area contributed by atoms with Crippen molar-refractivity contribution in [3.05, 3.63) is 105 Å². The highest BCUT2D eigenvalue weighted by Crippen LogP contribution is 2.47. The molecule has 2 aliphatic heterocycles. The van der Waals surface area contributed by atoms with Crippen molar-refractivity contribution in [1.82, 2.24) is 0 Å². The number of ether oxygens (including phenoxy) is 2. The molecule has 52 heavy (non-hydrogen) atoms. The van der Waals surface area contributed by atoms with Crippen molar-refractivity contribution >= 4 is 45.8 Å². The van der Waals surface area contributed by atoms with Gasteiger partial charge in [0.15, 0.2) is 12.2 Å². The quantitative estimate of drug-likeness (QED) is 0.0755. The maximum Gasteiger partial charge on any atom is 0.339 e. The van der Waals surface area contributed by atoms with E-state index in [2.05, 4.69) is 61.0 Å². The second kappa shape index (κ2) is 17.4. The molecule has 6 heteroatoms. The lowest BCUT2D eigenvalue weighted by Crippen LogP contribution is -2.34. The molecule has 1 aliphatic carbocycles. The van der Waals surface area contributed by atoms with E-state index in [-0.39, 0.29) is 11.9 Å². The third-order valence-electron chi connectivity index (χ3n) is 11.0. The number of esters is 2. The maximum atomic E-state index is 13.4. The Kier molecular flexibility index (Phi) is 12.2. The van der Waals surface area contributed by atoms with Crippen LogP contribution >= 0.6 is 22.7 Å². The topological polar surface area (TPSA) is 52.6 Å². The van der Waals surface area contributed by atoms with Gasteiger partial charge in [0, 0.05) is 9.75 Å². The summed E-state index contributed by atoms with van der Waals surface area (Å²) in [4.78, 5) is 29.2. The Balaban J connectivity index is 0.998. The van der Waals surface area contributed by atoms with E-state index < -0.39 is 12.2 Å². The van der Waals surface area contributed by atoms with Crippen LogP contribution in [-0.2, 0) is 31.9 Å². The van der Waals surface area contributed by atoms with Gasteiger partial charge in [0.05, 0.1) is 11.1 Å². The highest BCUT2D eigenvalue weighted by atomic mass is 32.1. The second-order valence-electron chi connectivity index (χ2n) is 14.8. The first kappa shape index (κ1) is 36.6. The Labute approximate surface area is 318 Å². The van der Waals surface area contributed by atoms with E-state index in [9.17, 15) is 9.59 Å². The number of thiophene rings is 2. The summed E-state index contributed by atoms with van der Waals surface area (Å²) in [6, 6.07) is 21.2. The minimum atomic E-state index is -0.565. The fourth-order valence-corrected chi connectivity index (χ4v) is 9.99. The van der Waals surface area contributed by atoms with Crippen molar-refractivity contribution in [1.29, 1.82) is 0 Å². The molecule has 0 amide bonds. The zero-order chi connectivity index (χ0) is 35.9. The van der Waals surface area contributed by atoms with Gasteiger partial charge in [-0.25, -0.2) is 9.59 Å². The van der Waals surface area contributed by atoms with E-state index in [0.29, 0.717) is 24.0 Å². The second-order valence-corrected chi connectivity index (χ2v) is 16.6. The predicted molar refractivity (Wildman–Crippen MR) is 217 cm³/mol. The fraction of sp³-hybridized carbons (Fsp3) is 0.435. The first-order chi connectivity index (χ1) is 25.5. The van der Waals surface area contributed by atoms with Gasteiger partial charge >= 0.3 is 11.9 Å². The summed E-state index contributed by atoms with van der Waals surface area (Å²) < 4.78 is 12.0. The molecule has 0 N–H and O–H groups in total. The smallest absolute Gasteiger partial charge is 0.339 e. The van der Waals surface area contributed by atoms with Crippen LogP contribution in [0.4, 0.5) is 0 Å². The lowest BCUT2D eigenvalue weighted by Gasteiger charge is -2.27. The zero-order valence-electron chi connectivity index (χ0n) is 30.8. The highest BCUT2D eigenvalue weighted by Gasteiger charge is 2.50. The van der Waals surface area contributed by atoms with Crippen LogP contribution in [0.3, 0.4) is 0 Å². The van der Waals surface area contributed by atoms with Crippen LogP contribution in [0.1, 0.15) is 126 Å². The van der Waals surface area contributed by atoms with E-state index in [1.807, 2.05) is 24.3 Å². The van der Waals surface area contributed by atoms with E-state index in [1.165, 1.54) is 109 Å². The molecule has 2 unspecified atom stereocenters. The molecule has 1 saturated carbocycles. The van der Waals surface area contributed by atoms with E-state index >= 15 is 0 Å². The molecule has 1 fully saturated rings. The molecular formula is C46H52O4S2. The summed E-state index contributed by atoms with van der Waals surface area (Å²) in [5.41, 5.74) is 10.0. The van der Waals surface area contributed by atoms with Crippen molar-refractivity contribution in [2.24, 2.45) is 0 Å². The highest BCUT2D eigenvalue weighted by molar-refractivity contribution is 7.14. The van der Waals surface area contributed by atoms with Gasteiger partial charge in [0.1, 0.15) is 0 Å². The van der Waals surface area contributed by atoms with E-state index in [0.717, 1.165) is 35.1 Å². The molecule has 2 atom stereocenters. The molecule has 0 saturated heterocycles. The average Bonchev–Trinajstić information content (AvgIpc) is 3.96. The SMILES string of the molecule is CCCCCCCCc1csc(-c2ccc(C3=C4CCC5=C(c6ccc(-c7cc(CCCCCCCC)cs7)cc6)C(=O)OC5C4OC3=O)cc2)c1. The molecule has 0 spiro atoms. The summed E-state index contributed by atoms with van der Waals surface area (Å²) in [5, 5.41) is 4.57. The maximum absolute atomic E-state index is 13.4. The Morgan fingerprint density at radius 1 is 0.519 bits per heavy atom. The van der Waals surface area contributed by atoms with Crippen LogP contribution in [0.15, 0.2) is 82.6 Å². The van der Waals surface area contributed by atoms with Crippen LogP contribution in [-0.4, -0.2) is 24.1 Å². The number of hydrogen-bond acceptors (Lipinski definition) is 6. The Morgan fingerprint density at radius 3 is 1.29 bits per heavy atom. The van der Waals surface area contributed by atoms with Gasteiger partial charge in [-0.05, 0) is 106 Å². The van der Waals surface area contributed by atoms with Gasteiger partial charge < -0.3 is 9.47 Å². The van der Waals surface area contributed by atoms with Crippen LogP contribution in [0.2, 0.25) is 0 Å². The summed E-state index contributed by atoms with van der Waals surface area (Å²) in [6.45, 7) is 4.52. The van der Waals surface area contributed by atoms with Crippen LogP contribution < -0.4 is 0 Å². The molecular weight excluding hydrogens is 681 g/mol. The minimum absolute atomic E-state index is 0.327. The van der Waals surface area contributed by atoms with Gasteiger partial charge in [0.2, 0.25) is 0 Å². The number of aryl methyl sites for hydroxylation is 2. The van der Waals surface area contributed by atoms with Gasteiger partial charge in [-0.15, -0.1) is 22.7 Å². The van der Waals surface area contributed by atoms with E-state index in [1.54, 1.807) is 22.7 Å². The third kappa shape index (κ3) is 8.24. The molecule has 0 radical (unpaired) electrons. The monoisotopic (exact) mass is 732 g/mol. The van der Waals surface area contributed by atoms with Crippen molar-refractivity contribution < 1.29 is 19.1 Å². The number of carbonyl (C=O) groups is 2. The van der Waals surface area contributed by atoms with Crippen molar-refractivity contribution in [2.75, 3.05) is 0 Å². The molecule has 4 aromatic rings. The van der Waals surface area contributed by atoms with Crippen LogP contribution in [0.5, 0.6) is 0 Å². The van der Waals surface area contributed by atoms with Crippen molar-refractivity contribution in [3.63, 3.8) is 0 Å². The molecule has 2 aromatic carbocycles. The minimum Gasteiger partial charge on any atom is -0.450 e. The van der Waals surface area contributed by atoms with Crippen molar-refractivity contribution in [2.45, 2.75) is 129 Å². The fourth-order valence-electron chi connectivity index (χ4n) is 8.07. The summed E-state index contributed by atoms with van der Waals surface area (Å²) >= 11 is 3.58. The summed E-state index contributed by atoms with van der Waals surface area (Å²) in [7, 11) is 0. The number of carbonyl (C=O) groups excluding carboxylic acids is 2. The average molecular weight is 733 g/mol. The van der Waals surface area contributed by atoms with Gasteiger partial charge in [0.25, 0.3) is 0 Å². The number of unbranched alkanes of at least 4 members (excludes halogenated alkanes) is 10. The van der Waals surface area contributed by atoms with Crippen molar-refractivity contribution in [3.8, 4) is 20.9 Å². The predicted octanol–water partition coefficient (Wildman–Crippen LogP) is 12.8. The Morgan fingerprint density at radius 2 is 0.885 bits per heavy atom. The lowest BCUT2D eigenvalue weighted by molar-refractivity contribution is -0.151. The normalized spacial score (nSPS) is 18.2. The van der Waals surface area contributed by atoms with E-state index in [4.69, 9.17) is 9.47 Å². The Hall–Kier alpha value is -3.74. The molecule has 3 aliphatic rings. The van der Waals surface area contributed by atoms with Gasteiger partial charge in [-0.1, -0.05) is 127 Å². The molecule has 0 bridgehead atoms. The number of benzene rings is 2. The Bertz CT molecular complexity index is 1770. The summed E-state index contributed by atoms with van der Waals surface area (Å²) in [6.07, 6.45) is 18.2. The standard InChI is InChI=1S/C46H52O4S2/c1-3-5-7-9-11-13-15-31-27-39(51-29-31)33-17-21-35(22-18-33)41-37-25-26-38-42(46(48)50-44(38)43(37)49-45(41)47)36-23-19-34(20-24-36)40-28-32(30-52-40)16-14-12-10-8-6-4-2/h17-24,27-30,43-44H,3-16,25-26H2,1-2H3. The third-order valence-corrected chi connectivity index (χ3v) is 13.1. The first-order valence-corrected chi connectivity index (χ1v) is 21.5. The number of rotatable bonds is 18. The number of fused-ring (bicyclic) bond motifs is 3. The van der Waals surface area contributed by atoms with Gasteiger partial charge in [-0.3, -0.25) is 0 Å². The molecule has 4 nitrogen and oxygen atoms in total. The summed E-state index contributed by atoms with van der Waals surface area (Å²) in [5.74, 6) is -0.654. The largest absolute Gasteiger partial charge is 0.450 e.